The van der Waals surface area contributed by atoms with Gasteiger partial charge in [-0.15, -0.1) is 0 Å². The smallest absolute Gasteiger partial charge is 0.421 e. The number of esters is 1. The summed E-state index contributed by atoms with van der Waals surface area (Å²) in [5.41, 5.74) is -0.989. The number of nitrogens with zero attached hydrogens (tertiary/aromatic N) is 2. The van der Waals surface area contributed by atoms with Crippen molar-refractivity contribution in [3.05, 3.63) is 48.2 Å². The van der Waals surface area contributed by atoms with E-state index in [0.717, 1.165) is 6.07 Å². The van der Waals surface area contributed by atoms with Gasteiger partial charge in [-0.2, -0.15) is 18.4 Å². The van der Waals surface area contributed by atoms with Crippen LogP contribution in [0.25, 0.3) is 0 Å². The van der Waals surface area contributed by atoms with Crippen LogP contribution < -0.4 is 9.47 Å². The molecular formula is C18H15F3N2O4. The Morgan fingerprint density at radius 3 is 2.37 bits per heavy atom. The highest BCUT2D eigenvalue weighted by molar-refractivity contribution is 5.66. The third-order valence-corrected chi connectivity index (χ3v) is 3.28. The Morgan fingerprint density at radius 1 is 1.19 bits per heavy atom. The van der Waals surface area contributed by atoms with E-state index >= 15 is 0 Å². The fraction of sp³-hybridized carbons (Fsp3) is 0.278. The minimum absolute atomic E-state index is 0.121. The molecule has 0 aliphatic carbocycles. The summed E-state index contributed by atoms with van der Waals surface area (Å²) < 4.78 is 54.4. The van der Waals surface area contributed by atoms with Crippen LogP contribution in [0.2, 0.25) is 0 Å². The zero-order valence-corrected chi connectivity index (χ0v) is 14.4. The average molecular weight is 380 g/mol. The molecule has 0 aliphatic rings. The quantitative estimate of drug-likeness (QED) is 0.702. The first-order valence-corrected chi connectivity index (χ1v) is 7.74. The van der Waals surface area contributed by atoms with Crippen molar-refractivity contribution in [2.45, 2.75) is 32.2 Å². The lowest BCUT2D eigenvalue weighted by atomic mass is 10.2. The number of halogens is 3. The van der Waals surface area contributed by atoms with E-state index in [0.29, 0.717) is 5.75 Å². The maximum Gasteiger partial charge on any atom is 0.421 e. The summed E-state index contributed by atoms with van der Waals surface area (Å²) >= 11 is 0. The molecule has 1 aromatic heterocycles. The standard InChI is InChI=1S/C18H15F3N2O4/c1-11(16(10-22)26-12(2)24)25-13-5-7-14(8-6-13)27-17-15(18(19,20)21)4-3-9-23-17/h3-9,11,16H,1-2H3. The fourth-order valence-electron chi connectivity index (χ4n) is 2.07. The van der Waals surface area contributed by atoms with Gasteiger partial charge in [-0.3, -0.25) is 4.79 Å². The largest absolute Gasteiger partial charge is 0.486 e. The summed E-state index contributed by atoms with van der Waals surface area (Å²) in [5.74, 6) is -0.738. The van der Waals surface area contributed by atoms with Crippen LogP contribution in [0.3, 0.4) is 0 Å². The van der Waals surface area contributed by atoms with Gasteiger partial charge in [-0.1, -0.05) is 0 Å². The Labute approximate surface area is 153 Å². The minimum atomic E-state index is -4.59. The van der Waals surface area contributed by atoms with E-state index in [-0.39, 0.29) is 5.75 Å². The van der Waals surface area contributed by atoms with Crippen molar-refractivity contribution in [2.24, 2.45) is 0 Å². The van der Waals surface area contributed by atoms with Gasteiger partial charge in [0, 0.05) is 13.1 Å². The molecule has 142 valence electrons. The molecule has 0 amide bonds. The summed E-state index contributed by atoms with van der Waals surface area (Å²) in [6, 6.07) is 9.54. The van der Waals surface area contributed by atoms with Crippen LogP contribution in [0.1, 0.15) is 19.4 Å². The number of alkyl halides is 3. The van der Waals surface area contributed by atoms with E-state index in [1.807, 2.05) is 6.07 Å². The Bertz CT molecular complexity index is 832. The topological polar surface area (TPSA) is 81.4 Å². The molecule has 9 heteroatoms. The molecule has 0 bridgehead atoms. The second-order valence-corrected chi connectivity index (χ2v) is 5.41. The average Bonchev–Trinajstić information content (AvgIpc) is 2.60. The van der Waals surface area contributed by atoms with Crippen molar-refractivity contribution in [3.8, 4) is 23.4 Å². The number of hydrogen-bond donors (Lipinski definition) is 0. The van der Waals surface area contributed by atoms with Crippen LogP contribution in [-0.2, 0) is 15.7 Å². The van der Waals surface area contributed by atoms with Crippen LogP contribution >= 0.6 is 0 Å². The van der Waals surface area contributed by atoms with Crippen LogP contribution in [0, 0.1) is 11.3 Å². The summed E-state index contributed by atoms with van der Waals surface area (Å²) in [6.07, 6.45) is -5.24. The summed E-state index contributed by atoms with van der Waals surface area (Å²) in [6.45, 7) is 2.72. The molecule has 6 nitrogen and oxygen atoms in total. The molecule has 1 aromatic carbocycles. The molecule has 2 unspecified atom stereocenters. The summed E-state index contributed by atoms with van der Waals surface area (Å²) in [4.78, 5) is 14.6. The van der Waals surface area contributed by atoms with E-state index in [4.69, 9.17) is 19.5 Å². The van der Waals surface area contributed by atoms with E-state index in [9.17, 15) is 18.0 Å². The van der Waals surface area contributed by atoms with Gasteiger partial charge in [0.15, 0.2) is 0 Å². The Hall–Kier alpha value is -3.28. The van der Waals surface area contributed by atoms with Gasteiger partial charge in [0.1, 0.15) is 29.2 Å². The zero-order valence-electron chi connectivity index (χ0n) is 14.4. The molecule has 2 rings (SSSR count). The molecule has 0 N–H and O–H groups in total. The van der Waals surface area contributed by atoms with Gasteiger partial charge < -0.3 is 14.2 Å². The van der Waals surface area contributed by atoms with Crippen molar-refractivity contribution >= 4 is 5.97 Å². The molecule has 0 saturated heterocycles. The lowest BCUT2D eigenvalue weighted by Gasteiger charge is -2.19. The van der Waals surface area contributed by atoms with Crippen molar-refractivity contribution in [2.75, 3.05) is 0 Å². The lowest BCUT2D eigenvalue weighted by Crippen LogP contribution is -2.31. The molecule has 0 aliphatic heterocycles. The Morgan fingerprint density at radius 2 is 1.81 bits per heavy atom. The normalized spacial score (nSPS) is 13.2. The molecule has 0 saturated carbocycles. The highest BCUT2D eigenvalue weighted by Gasteiger charge is 2.35. The number of rotatable bonds is 6. The number of carbonyl (C=O) groups is 1. The van der Waals surface area contributed by atoms with Crippen molar-refractivity contribution in [1.82, 2.24) is 4.98 Å². The molecule has 2 atom stereocenters. The van der Waals surface area contributed by atoms with Crippen LogP contribution in [0.15, 0.2) is 42.6 Å². The van der Waals surface area contributed by atoms with Gasteiger partial charge in [-0.05, 0) is 43.3 Å². The van der Waals surface area contributed by atoms with Crippen molar-refractivity contribution in [1.29, 1.82) is 5.26 Å². The van der Waals surface area contributed by atoms with Gasteiger partial charge in [-0.25, -0.2) is 4.98 Å². The monoisotopic (exact) mass is 380 g/mol. The van der Waals surface area contributed by atoms with Crippen molar-refractivity contribution in [3.63, 3.8) is 0 Å². The number of hydrogen-bond acceptors (Lipinski definition) is 6. The van der Waals surface area contributed by atoms with Gasteiger partial charge in [0.25, 0.3) is 0 Å². The molecule has 2 aromatic rings. The SMILES string of the molecule is CC(=O)OC(C#N)C(C)Oc1ccc(Oc2ncccc2C(F)(F)F)cc1. The van der Waals surface area contributed by atoms with Crippen LogP contribution in [0.5, 0.6) is 17.4 Å². The predicted octanol–water partition coefficient (Wildman–Crippen LogP) is 4.12. The third kappa shape index (κ3) is 5.60. The van der Waals surface area contributed by atoms with Crippen molar-refractivity contribution < 1.29 is 32.2 Å². The van der Waals surface area contributed by atoms with E-state index in [1.165, 1.54) is 43.5 Å². The molecule has 0 fully saturated rings. The predicted molar refractivity (Wildman–Crippen MR) is 87.0 cm³/mol. The number of carbonyl (C=O) groups excluding carboxylic acids is 1. The highest BCUT2D eigenvalue weighted by atomic mass is 19.4. The second-order valence-electron chi connectivity index (χ2n) is 5.41. The zero-order chi connectivity index (χ0) is 20.0. The summed E-state index contributed by atoms with van der Waals surface area (Å²) in [7, 11) is 0. The Kier molecular flexibility index (Phi) is 6.23. The van der Waals surface area contributed by atoms with Gasteiger partial charge in [0.05, 0.1) is 0 Å². The molecule has 27 heavy (non-hydrogen) atoms. The number of aromatic nitrogens is 1. The first-order chi connectivity index (χ1) is 12.7. The maximum absolute atomic E-state index is 13.0. The number of nitriles is 1. The first kappa shape index (κ1) is 20.0. The number of pyridine rings is 1. The minimum Gasteiger partial charge on any atom is -0.486 e. The van der Waals surface area contributed by atoms with Gasteiger partial charge >= 0.3 is 12.1 Å². The third-order valence-electron chi connectivity index (χ3n) is 3.28. The number of benzene rings is 1. The summed E-state index contributed by atoms with van der Waals surface area (Å²) in [5, 5.41) is 9.00. The fourth-order valence-corrected chi connectivity index (χ4v) is 2.07. The molecule has 0 radical (unpaired) electrons. The molecular weight excluding hydrogens is 365 g/mol. The van der Waals surface area contributed by atoms with E-state index in [1.54, 1.807) is 6.92 Å². The molecule has 0 spiro atoms. The van der Waals surface area contributed by atoms with Crippen LogP contribution in [0.4, 0.5) is 13.2 Å². The Balaban J connectivity index is 2.08. The maximum atomic E-state index is 13.0. The van der Waals surface area contributed by atoms with E-state index in [2.05, 4.69) is 4.98 Å². The number of ether oxygens (including phenoxy) is 3. The first-order valence-electron chi connectivity index (χ1n) is 7.74. The highest BCUT2D eigenvalue weighted by Crippen LogP contribution is 2.36. The van der Waals surface area contributed by atoms with E-state index < -0.39 is 35.8 Å². The second kappa shape index (κ2) is 8.40. The molecule has 1 heterocycles. The lowest BCUT2D eigenvalue weighted by molar-refractivity contribution is -0.147. The van der Waals surface area contributed by atoms with Gasteiger partial charge in [0.2, 0.25) is 12.0 Å². The van der Waals surface area contributed by atoms with Crippen LogP contribution in [-0.4, -0.2) is 23.2 Å².